The van der Waals surface area contributed by atoms with Crippen molar-refractivity contribution < 1.29 is 27.4 Å². The van der Waals surface area contributed by atoms with Gasteiger partial charge < -0.3 is 19.1 Å². The molecular formula is C22H23F3N4O4. The van der Waals surface area contributed by atoms with E-state index in [-0.39, 0.29) is 28.8 Å². The van der Waals surface area contributed by atoms with Gasteiger partial charge in [-0.15, -0.1) is 0 Å². The van der Waals surface area contributed by atoms with E-state index in [1.165, 1.54) is 6.07 Å². The van der Waals surface area contributed by atoms with Gasteiger partial charge in [0, 0.05) is 23.7 Å². The maximum atomic E-state index is 12.8. The molecule has 11 heteroatoms. The fourth-order valence-corrected chi connectivity index (χ4v) is 5.79. The summed E-state index contributed by atoms with van der Waals surface area (Å²) in [5.41, 5.74) is -1.26. The number of halogens is 3. The lowest BCUT2D eigenvalue weighted by Gasteiger charge is -2.38. The van der Waals surface area contributed by atoms with Crippen LogP contribution in [0, 0.1) is 17.3 Å². The van der Waals surface area contributed by atoms with Crippen molar-refractivity contribution in [2.75, 3.05) is 31.5 Å². The van der Waals surface area contributed by atoms with E-state index in [4.69, 9.17) is 14.2 Å². The van der Waals surface area contributed by atoms with Crippen molar-refractivity contribution in [3.05, 3.63) is 40.6 Å². The molecule has 8 nitrogen and oxygen atoms in total. The maximum Gasteiger partial charge on any atom is 0.433 e. The molecule has 4 fully saturated rings. The van der Waals surface area contributed by atoms with Gasteiger partial charge in [-0.3, -0.25) is 9.55 Å². The van der Waals surface area contributed by atoms with E-state index in [0.29, 0.717) is 44.9 Å². The molecule has 0 radical (unpaired) electrons. The number of aromatic nitrogens is 3. The minimum absolute atomic E-state index is 0.00421. The van der Waals surface area contributed by atoms with Gasteiger partial charge in [0.1, 0.15) is 24.0 Å². The van der Waals surface area contributed by atoms with Gasteiger partial charge in [-0.25, -0.2) is 4.79 Å². The molecule has 0 N–H and O–H groups in total. The largest absolute Gasteiger partial charge is 0.493 e. The summed E-state index contributed by atoms with van der Waals surface area (Å²) < 4.78 is 57.3. The van der Waals surface area contributed by atoms with Crippen LogP contribution in [0.2, 0.25) is 0 Å². The van der Waals surface area contributed by atoms with E-state index >= 15 is 0 Å². The van der Waals surface area contributed by atoms with E-state index in [1.807, 2.05) is 0 Å². The van der Waals surface area contributed by atoms with Crippen LogP contribution < -0.4 is 20.1 Å². The number of anilines is 1. The first-order chi connectivity index (χ1) is 15.8. The summed E-state index contributed by atoms with van der Waals surface area (Å²) in [5, 5.41) is 0. The van der Waals surface area contributed by atoms with Gasteiger partial charge in [0.2, 0.25) is 5.88 Å². The molecule has 0 spiro atoms. The summed E-state index contributed by atoms with van der Waals surface area (Å²) in [6.45, 7) is 2.47. The highest BCUT2D eigenvalue weighted by atomic mass is 19.4. The van der Waals surface area contributed by atoms with Gasteiger partial charge in [-0.1, -0.05) is 0 Å². The third-order valence-corrected chi connectivity index (χ3v) is 7.40. The number of ether oxygens (including phenoxy) is 3. The monoisotopic (exact) mass is 464 g/mol. The molecule has 2 aromatic heterocycles. The lowest BCUT2D eigenvalue weighted by Crippen LogP contribution is -2.35. The van der Waals surface area contributed by atoms with Crippen LogP contribution in [0.1, 0.15) is 25.0 Å². The number of pyridine rings is 1. The van der Waals surface area contributed by atoms with E-state index in [9.17, 15) is 18.0 Å². The van der Waals surface area contributed by atoms with Gasteiger partial charge in [-0.05, 0) is 37.2 Å². The second-order valence-corrected chi connectivity index (χ2v) is 9.58. The molecule has 4 heterocycles. The summed E-state index contributed by atoms with van der Waals surface area (Å²) in [4.78, 5) is 21.9. The number of hydrogen-bond acceptors (Lipinski definition) is 7. The molecule has 2 aromatic rings. The maximum absolute atomic E-state index is 12.8. The Morgan fingerprint density at radius 2 is 2.06 bits per heavy atom. The Hall–Kier alpha value is -2.82. The molecule has 3 saturated carbocycles. The van der Waals surface area contributed by atoms with Crippen molar-refractivity contribution in [3.8, 4) is 11.6 Å². The molecule has 0 aromatic carbocycles. The van der Waals surface area contributed by atoms with Crippen LogP contribution >= 0.6 is 0 Å². The van der Waals surface area contributed by atoms with Gasteiger partial charge in [0.15, 0.2) is 0 Å². The summed E-state index contributed by atoms with van der Waals surface area (Å²) in [6.07, 6.45) is -0.535. The van der Waals surface area contributed by atoms with Crippen LogP contribution in [0.4, 0.5) is 19.0 Å². The average Bonchev–Trinajstić information content (AvgIpc) is 3.49. The second kappa shape index (κ2) is 7.34. The minimum atomic E-state index is -4.49. The number of rotatable bonds is 6. The van der Waals surface area contributed by atoms with Crippen molar-refractivity contribution in [1.82, 2.24) is 14.5 Å². The summed E-state index contributed by atoms with van der Waals surface area (Å²) in [5.74, 6) is 2.02. The predicted molar refractivity (Wildman–Crippen MR) is 109 cm³/mol. The van der Waals surface area contributed by atoms with Gasteiger partial charge in [0.05, 0.1) is 32.4 Å². The highest BCUT2D eigenvalue weighted by Gasteiger charge is 2.56. The van der Waals surface area contributed by atoms with E-state index in [1.54, 1.807) is 10.6 Å². The molecule has 33 heavy (non-hydrogen) atoms. The van der Waals surface area contributed by atoms with Crippen molar-refractivity contribution in [2.24, 2.45) is 17.3 Å². The normalized spacial score (nSPS) is 29.5. The zero-order valence-corrected chi connectivity index (χ0v) is 17.8. The first-order valence-corrected chi connectivity index (χ1v) is 11.0. The third kappa shape index (κ3) is 3.62. The van der Waals surface area contributed by atoms with Gasteiger partial charge in [0.25, 0.3) is 0 Å². The first kappa shape index (κ1) is 20.8. The number of fused-ring (bicyclic) bond motifs is 4. The van der Waals surface area contributed by atoms with E-state index in [2.05, 4.69) is 14.9 Å². The molecule has 3 aliphatic carbocycles. The molecule has 2 bridgehead atoms. The third-order valence-electron chi connectivity index (χ3n) is 7.40. The number of alkyl halides is 3. The Morgan fingerprint density at radius 1 is 1.21 bits per heavy atom. The van der Waals surface area contributed by atoms with Crippen molar-refractivity contribution in [3.63, 3.8) is 0 Å². The fourth-order valence-electron chi connectivity index (χ4n) is 5.79. The van der Waals surface area contributed by atoms with Crippen LogP contribution in [0.25, 0.3) is 0 Å². The molecule has 2 atom stereocenters. The Kier molecular flexibility index (Phi) is 4.62. The molecule has 5 aliphatic rings. The smallest absolute Gasteiger partial charge is 0.433 e. The summed E-state index contributed by atoms with van der Waals surface area (Å²) in [7, 11) is 0. The van der Waals surface area contributed by atoms with Crippen molar-refractivity contribution in [2.45, 2.75) is 38.0 Å². The molecule has 2 aliphatic heterocycles. The second-order valence-electron chi connectivity index (χ2n) is 9.58. The zero-order chi connectivity index (χ0) is 22.8. The summed E-state index contributed by atoms with van der Waals surface area (Å²) in [6, 6.07) is 4.36. The van der Waals surface area contributed by atoms with Crippen molar-refractivity contribution in [1.29, 1.82) is 0 Å². The Bertz CT molecular complexity index is 1130. The molecule has 7 rings (SSSR count). The molecule has 0 amide bonds. The topological polar surface area (TPSA) is 78.7 Å². The molecular weight excluding hydrogens is 441 g/mol. The fraction of sp³-hybridized carbons (Fsp3) is 0.591. The van der Waals surface area contributed by atoms with Crippen molar-refractivity contribution >= 4 is 5.82 Å². The van der Waals surface area contributed by atoms with Crippen LogP contribution in [0.3, 0.4) is 0 Å². The molecule has 176 valence electrons. The Labute approximate surface area is 187 Å². The number of hydrogen-bond donors (Lipinski definition) is 0. The van der Waals surface area contributed by atoms with E-state index in [0.717, 1.165) is 37.3 Å². The van der Waals surface area contributed by atoms with Crippen LogP contribution in [-0.4, -0.2) is 47.1 Å². The van der Waals surface area contributed by atoms with Crippen LogP contribution in [-0.2, 0) is 17.5 Å². The minimum Gasteiger partial charge on any atom is -0.493 e. The first-order valence-electron chi connectivity index (χ1n) is 11.0. The highest BCUT2D eigenvalue weighted by Crippen LogP contribution is 2.61. The zero-order valence-electron chi connectivity index (χ0n) is 17.8. The van der Waals surface area contributed by atoms with Crippen LogP contribution in [0.15, 0.2) is 29.2 Å². The van der Waals surface area contributed by atoms with E-state index < -0.39 is 11.9 Å². The standard InChI is InChI=1S/C22H23F3N4O4/c23-22(24,25)17-3-16(1-2-26-17)32-9-14-7-21(5-13(14)6-21)11-33-18-4-19-28(20(30)27-18)8-15-10-31-12-29(15)19/h1-4,13-15H,5-12H2/t13?,14?,15-,21?/m0/s1. The summed E-state index contributed by atoms with van der Waals surface area (Å²) >= 11 is 0. The average molecular weight is 464 g/mol. The lowest BCUT2D eigenvalue weighted by molar-refractivity contribution is -0.141. The quantitative estimate of drug-likeness (QED) is 0.651. The SMILES string of the molecule is O=c1nc(OCC23CC(COc4ccnc(C(F)(F)F)c4)C(C2)C3)cc2n1C[C@H]1COCN21. The van der Waals surface area contributed by atoms with Crippen LogP contribution in [0.5, 0.6) is 11.6 Å². The Balaban J connectivity index is 1.06. The predicted octanol–water partition coefficient (Wildman–Crippen LogP) is 2.71. The lowest BCUT2D eigenvalue weighted by atomic mass is 9.70. The molecule has 1 unspecified atom stereocenters. The van der Waals surface area contributed by atoms with Gasteiger partial charge in [-0.2, -0.15) is 18.2 Å². The number of nitrogens with zero attached hydrogens (tertiary/aromatic N) is 4. The highest BCUT2D eigenvalue weighted by molar-refractivity contribution is 5.47. The Morgan fingerprint density at radius 3 is 2.88 bits per heavy atom. The van der Waals surface area contributed by atoms with Gasteiger partial charge >= 0.3 is 11.9 Å². The molecule has 1 saturated heterocycles.